The summed E-state index contributed by atoms with van der Waals surface area (Å²) >= 11 is 6.00. The molecule has 2 N–H and O–H groups in total. The Kier molecular flexibility index (Phi) is 4.11. The van der Waals surface area contributed by atoms with Crippen molar-refractivity contribution < 1.29 is 9.18 Å². The lowest BCUT2D eigenvalue weighted by Gasteiger charge is -2.05. The number of rotatable bonds is 4. The Balaban J connectivity index is 1.66. The van der Waals surface area contributed by atoms with Crippen molar-refractivity contribution in [3.63, 3.8) is 0 Å². The molecule has 1 heterocycles. The van der Waals surface area contributed by atoms with Crippen LogP contribution in [0.25, 0.3) is 10.9 Å². The minimum absolute atomic E-state index is 0.0597. The Bertz CT molecular complexity index is 828. The van der Waals surface area contributed by atoms with Crippen LogP contribution in [0, 0.1) is 5.82 Å². The number of carbonyl (C=O) groups is 1. The number of benzene rings is 2. The van der Waals surface area contributed by atoms with Gasteiger partial charge in [-0.15, -0.1) is 0 Å². The fraction of sp³-hybridized carbons (Fsp3) is 0.118. The standard InChI is InChI=1S/C17H14ClFN2O/c18-12-5-6-16-14(9-12)11(10-21-16)7-8-20-17(22)13-3-1-2-4-15(13)19/h1-6,9-10,21H,7-8H2,(H,20,22). The summed E-state index contributed by atoms with van der Waals surface area (Å²) in [5.74, 6) is -0.921. The van der Waals surface area contributed by atoms with Crippen molar-refractivity contribution in [2.75, 3.05) is 6.54 Å². The van der Waals surface area contributed by atoms with Gasteiger partial charge in [0.25, 0.3) is 5.91 Å². The van der Waals surface area contributed by atoms with E-state index in [2.05, 4.69) is 10.3 Å². The molecule has 0 radical (unpaired) electrons. The third kappa shape index (κ3) is 2.97. The van der Waals surface area contributed by atoms with Crippen molar-refractivity contribution in [2.45, 2.75) is 6.42 Å². The topological polar surface area (TPSA) is 44.9 Å². The molecule has 22 heavy (non-hydrogen) atoms. The van der Waals surface area contributed by atoms with Gasteiger partial charge in [-0.3, -0.25) is 4.79 Å². The van der Waals surface area contributed by atoms with Crippen molar-refractivity contribution >= 4 is 28.4 Å². The number of halogens is 2. The fourth-order valence-electron chi connectivity index (χ4n) is 2.41. The molecule has 0 saturated carbocycles. The van der Waals surface area contributed by atoms with Gasteiger partial charge in [0, 0.05) is 28.7 Å². The molecule has 0 aliphatic carbocycles. The lowest BCUT2D eigenvalue weighted by molar-refractivity contribution is 0.0950. The molecule has 0 saturated heterocycles. The van der Waals surface area contributed by atoms with E-state index in [4.69, 9.17) is 11.6 Å². The summed E-state index contributed by atoms with van der Waals surface area (Å²) in [7, 11) is 0. The molecular formula is C17H14ClFN2O. The van der Waals surface area contributed by atoms with Gasteiger partial charge in [-0.05, 0) is 42.3 Å². The molecule has 0 bridgehead atoms. The number of hydrogen-bond acceptors (Lipinski definition) is 1. The highest BCUT2D eigenvalue weighted by Crippen LogP contribution is 2.22. The molecule has 0 aliphatic heterocycles. The molecule has 3 rings (SSSR count). The van der Waals surface area contributed by atoms with E-state index in [1.165, 1.54) is 12.1 Å². The van der Waals surface area contributed by atoms with Crippen LogP contribution >= 0.6 is 11.6 Å². The molecule has 3 nitrogen and oxygen atoms in total. The zero-order valence-corrected chi connectivity index (χ0v) is 12.5. The van der Waals surface area contributed by atoms with Crippen LogP contribution in [0.5, 0.6) is 0 Å². The number of amides is 1. The number of H-pyrrole nitrogens is 1. The second-order valence-corrected chi connectivity index (χ2v) is 5.43. The maximum Gasteiger partial charge on any atom is 0.254 e. The van der Waals surface area contributed by atoms with Gasteiger partial charge in [0.15, 0.2) is 0 Å². The Morgan fingerprint density at radius 2 is 2.05 bits per heavy atom. The Hall–Kier alpha value is -2.33. The summed E-state index contributed by atoms with van der Waals surface area (Å²) in [6.07, 6.45) is 2.54. The molecule has 0 aliphatic rings. The van der Waals surface area contributed by atoms with Gasteiger partial charge in [0.2, 0.25) is 0 Å². The van der Waals surface area contributed by atoms with Crippen LogP contribution in [0.4, 0.5) is 4.39 Å². The van der Waals surface area contributed by atoms with E-state index in [0.717, 1.165) is 16.5 Å². The minimum atomic E-state index is -0.515. The van der Waals surface area contributed by atoms with Crippen LogP contribution in [0.3, 0.4) is 0 Å². The van der Waals surface area contributed by atoms with Crippen molar-refractivity contribution in [1.29, 1.82) is 0 Å². The average molecular weight is 317 g/mol. The van der Waals surface area contributed by atoms with E-state index in [0.29, 0.717) is 18.0 Å². The van der Waals surface area contributed by atoms with Crippen LogP contribution in [0.15, 0.2) is 48.7 Å². The van der Waals surface area contributed by atoms with E-state index in [-0.39, 0.29) is 5.56 Å². The van der Waals surface area contributed by atoms with Gasteiger partial charge in [0.05, 0.1) is 5.56 Å². The largest absolute Gasteiger partial charge is 0.361 e. The summed E-state index contributed by atoms with van der Waals surface area (Å²) in [5, 5.41) is 4.44. The molecule has 0 fully saturated rings. The summed E-state index contributed by atoms with van der Waals surface area (Å²) in [4.78, 5) is 15.1. The number of nitrogens with one attached hydrogen (secondary N) is 2. The fourth-order valence-corrected chi connectivity index (χ4v) is 2.58. The van der Waals surface area contributed by atoms with E-state index in [9.17, 15) is 9.18 Å². The smallest absolute Gasteiger partial charge is 0.254 e. The molecule has 1 aromatic heterocycles. The first-order chi connectivity index (χ1) is 10.6. The van der Waals surface area contributed by atoms with Crippen LogP contribution in [-0.2, 0) is 6.42 Å². The number of fused-ring (bicyclic) bond motifs is 1. The van der Waals surface area contributed by atoms with Gasteiger partial charge in [-0.25, -0.2) is 4.39 Å². The van der Waals surface area contributed by atoms with Crippen molar-refractivity contribution in [3.8, 4) is 0 Å². The normalized spacial score (nSPS) is 10.8. The quantitative estimate of drug-likeness (QED) is 0.752. The van der Waals surface area contributed by atoms with E-state index in [1.54, 1.807) is 12.1 Å². The highest BCUT2D eigenvalue weighted by atomic mass is 35.5. The Labute approximate surface area is 132 Å². The SMILES string of the molecule is O=C(NCCc1c[nH]c2ccc(Cl)cc12)c1ccccc1F. The van der Waals surface area contributed by atoms with E-state index >= 15 is 0 Å². The predicted molar refractivity (Wildman–Crippen MR) is 85.7 cm³/mol. The summed E-state index contributed by atoms with van der Waals surface area (Å²) in [6, 6.07) is 11.6. The van der Waals surface area contributed by atoms with Gasteiger partial charge in [0.1, 0.15) is 5.82 Å². The summed E-state index contributed by atoms with van der Waals surface area (Å²) < 4.78 is 13.5. The first kappa shape index (κ1) is 14.6. The predicted octanol–water partition coefficient (Wildman–Crippen LogP) is 3.93. The van der Waals surface area contributed by atoms with Crippen molar-refractivity contribution in [2.24, 2.45) is 0 Å². The molecule has 0 unspecified atom stereocenters. The molecule has 3 aromatic rings. The van der Waals surface area contributed by atoms with Crippen molar-refractivity contribution in [1.82, 2.24) is 10.3 Å². The minimum Gasteiger partial charge on any atom is -0.361 e. The van der Waals surface area contributed by atoms with E-state index in [1.807, 2.05) is 24.4 Å². The van der Waals surface area contributed by atoms with Crippen LogP contribution in [0.1, 0.15) is 15.9 Å². The third-order valence-electron chi connectivity index (χ3n) is 3.53. The lowest BCUT2D eigenvalue weighted by atomic mass is 10.1. The van der Waals surface area contributed by atoms with Gasteiger partial charge < -0.3 is 10.3 Å². The van der Waals surface area contributed by atoms with Crippen molar-refractivity contribution in [3.05, 3.63) is 70.6 Å². The highest BCUT2D eigenvalue weighted by molar-refractivity contribution is 6.31. The summed E-state index contributed by atoms with van der Waals surface area (Å²) in [5.41, 5.74) is 2.12. The summed E-state index contributed by atoms with van der Waals surface area (Å²) in [6.45, 7) is 0.423. The third-order valence-corrected chi connectivity index (χ3v) is 3.76. The number of aromatic amines is 1. The Morgan fingerprint density at radius 3 is 2.86 bits per heavy atom. The Morgan fingerprint density at radius 1 is 1.23 bits per heavy atom. The number of carbonyl (C=O) groups excluding carboxylic acids is 1. The molecule has 112 valence electrons. The maximum atomic E-state index is 13.5. The zero-order chi connectivity index (χ0) is 15.5. The highest BCUT2D eigenvalue weighted by Gasteiger charge is 2.10. The first-order valence-electron chi connectivity index (χ1n) is 6.93. The molecule has 5 heteroatoms. The van der Waals surface area contributed by atoms with E-state index < -0.39 is 11.7 Å². The zero-order valence-electron chi connectivity index (χ0n) is 11.7. The average Bonchev–Trinajstić information content (AvgIpc) is 2.90. The molecule has 0 atom stereocenters. The monoisotopic (exact) mass is 316 g/mol. The van der Waals surface area contributed by atoms with Gasteiger partial charge in [-0.1, -0.05) is 23.7 Å². The van der Waals surface area contributed by atoms with Crippen LogP contribution in [-0.4, -0.2) is 17.4 Å². The van der Waals surface area contributed by atoms with Gasteiger partial charge in [-0.2, -0.15) is 0 Å². The van der Waals surface area contributed by atoms with Crippen LogP contribution in [0.2, 0.25) is 5.02 Å². The molecule has 1 amide bonds. The first-order valence-corrected chi connectivity index (χ1v) is 7.31. The second kappa shape index (κ2) is 6.20. The number of hydrogen-bond donors (Lipinski definition) is 2. The lowest BCUT2D eigenvalue weighted by Crippen LogP contribution is -2.26. The van der Waals surface area contributed by atoms with Gasteiger partial charge >= 0.3 is 0 Å². The maximum absolute atomic E-state index is 13.5. The molecule has 2 aromatic carbocycles. The van der Waals surface area contributed by atoms with Crippen LogP contribution < -0.4 is 5.32 Å². The molecular weight excluding hydrogens is 303 g/mol. The molecule has 0 spiro atoms. The second-order valence-electron chi connectivity index (χ2n) is 4.99. The number of aromatic nitrogens is 1.